The average molecular weight is 427 g/mol. The Morgan fingerprint density at radius 3 is 2.39 bits per heavy atom. The van der Waals surface area contributed by atoms with E-state index >= 15 is 0 Å². The molecule has 2 aromatic carbocycles. The Balaban J connectivity index is 1.39. The molecule has 0 spiro atoms. The summed E-state index contributed by atoms with van der Waals surface area (Å²) in [5.74, 6) is 0.399. The van der Waals surface area contributed by atoms with E-state index in [4.69, 9.17) is 9.47 Å². The topological polar surface area (TPSA) is 83.1 Å². The first-order valence-electron chi connectivity index (χ1n) is 10.5. The third kappa shape index (κ3) is 6.36. The van der Waals surface area contributed by atoms with E-state index in [1.54, 1.807) is 18.2 Å². The number of ether oxygens (including phenoxy) is 2. The van der Waals surface area contributed by atoms with Gasteiger partial charge in [0.2, 0.25) is 5.91 Å². The molecule has 1 saturated heterocycles. The summed E-state index contributed by atoms with van der Waals surface area (Å²) in [6.45, 7) is 6.70. The molecule has 2 aromatic rings. The third-order valence-corrected chi connectivity index (χ3v) is 5.19. The van der Waals surface area contributed by atoms with Gasteiger partial charge in [0.05, 0.1) is 13.7 Å². The zero-order chi connectivity index (χ0) is 22.1. The molecular weight excluding hydrogens is 396 g/mol. The second-order valence-corrected chi connectivity index (χ2v) is 7.22. The summed E-state index contributed by atoms with van der Waals surface area (Å²) in [5, 5.41) is 0. The van der Waals surface area contributed by atoms with Crippen LogP contribution < -0.4 is 25.2 Å². The predicted octanol–water partition coefficient (Wildman–Crippen LogP) is 2.07. The van der Waals surface area contributed by atoms with Gasteiger partial charge in [-0.15, -0.1) is 0 Å². The molecule has 0 aromatic heterocycles. The number of nitrogens with one attached hydrogen (secondary N) is 2. The number of rotatable bonds is 8. The van der Waals surface area contributed by atoms with Gasteiger partial charge in [-0.2, -0.15) is 0 Å². The van der Waals surface area contributed by atoms with Crippen molar-refractivity contribution in [1.82, 2.24) is 15.8 Å². The summed E-state index contributed by atoms with van der Waals surface area (Å²) in [5.41, 5.74) is 6.54. The number of para-hydroxylation sites is 1. The maximum Gasteiger partial charge on any atom is 0.269 e. The maximum absolute atomic E-state index is 12.3. The first-order valence-corrected chi connectivity index (χ1v) is 10.5. The Morgan fingerprint density at radius 1 is 0.968 bits per heavy atom. The molecule has 2 amide bonds. The van der Waals surface area contributed by atoms with Crippen LogP contribution in [0, 0.1) is 0 Å². The van der Waals surface area contributed by atoms with Crippen molar-refractivity contribution in [3.8, 4) is 11.5 Å². The van der Waals surface area contributed by atoms with E-state index in [2.05, 4.69) is 32.8 Å². The molecule has 0 unspecified atom stereocenters. The van der Waals surface area contributed by atoms with Gasteiger partial charge in [0.1, 0.15) is 0 Å². The standard InChI is InChI=1S/C23H30N4O4/c1-3-31-20-10-9-18(17-21(20)30-2)23(29)25-24-22(28)11-12-26-13-15-27(16-14-26)19-7-5-4-6-8-19/h4-10,17H,3,11-16H2,1-2H3,(H,24,28)(H,25,29). The van der Waals surface area contributed by atoms with Crippen LogP contribution >= 0.6 is 0 Å². The number of methoxy groups -OCH3 is 1. The van der Waals surface area contributed by atoms with Crippen LogP contribution in [0.2, 0.25) is 0 Å². The van der Waals surface area contributed by atoms with Crippen LogP contribution in [0.1, 0.15) is 23.7 Å². The maximum atomic E-state index is 12.3. The Morgan fingerprint density at radius 2 is 1.71 bits per heavy atom. The first kappa shape index (κ1) is 22.4. The molecule has 3 rings (SSSR count). The SMILES string of the molecule is CCOc1ccc(C(=O)NNC(=O)CCN2CCN(c3ccccc3)CC2)cc1OC. The lowest BCUT2D eigenvalue weighted by molar-refractivity contribution is -0.122. The second-order valence-electron chi connectivity index (χ2n) is 7.22. The highest BCUT2D eigenvalue weighted by Gasteiger charge is 2.18. The first-order chi connectivity index (χ1) is 15.1. The van der Waals surface area contributed by atoms with Crippen LogP contribution in [0.4, 0.5) is 5.69 Å². The molecule has 1 aliphatic heterocycles. The van der Waals surface area contributed by atoms with Crippen LogP contribution in [-0.2, 0) is 4.79 Å². The van der Waals surface area contributed by atoms with Crippen LogP contribution in [0.5, 0.6) is 11.5 Å². The highest BCUT2D eigenvalue weighted by atomic mass is 16.5. The van der Waals surface area contributed by atoms with E-state index in [1.807, 2.05) is 25.1 Å². The Hall–Kier alpha value is -3.26. The highest BCUT2D eigenvalue weighted by molar-refractivity contribution is 5.96. The Labute approximate surface area is 183 Å². The molecule has 0 bridgehead atoms. The van der Waals surface area contributed by atoms with Crippen molar-refractivity contribution in [2.45, 2.75) is 13.3 Å². The molecule has 1 heterocycles. The van der Waals surface area contributed by atoms with Gasteiger partial charge in [-0.3, -0.25) is 25.3 Å². The summed E-state index contributed by atoms with van der Waals surface area (Å²) in [6, 6.07) is 15.2. The number of hydrogen-bond acceptors (Lipinski definition) is 6. The van der Waals surface area contributed by atoms with Gasteiger partial charge in [-0.1, -0.05) is 18.2 Å². The van der Waals surface area contributed by atoms with Gasteiger partial charge in [0.15, 0.2) is 11.5 Å². The van der Waals surface area contributed by atoms with E-state index < -0.39 is 5.91 Å². The fraction of sp³-hybridized carbons (Fsp3) is 0.391. The number of hydrogen-bond donors (Lipinski definition) is 2. The molecule has 1 fully saturated rings. The number of hydrazine groups is 1. The van der Waals surface area contributed by atoms with E-state index in [0.717, 1.165) is 26.2 Å². The van der Waals surface area contributed by atoms with Crippen LogP contribution in [0.3, 0.4) is 0 Å². The molecule has 2 N–H and O–H groups in total. The summed E-state index contributed by atoms with van der Waals surface area (Å²) in [7, 11) is 1.51. The van der Waals surface area contributed by atoms with Gasteiger partial charge in [0.25, 0.3) is 5.91 Å². The number of amides is 2. The number of carbonyl (C=O) groups is 2. The van der Waals surface area contributed by atoms with Crippen molar-refractivity contribution in [1.29, 1.82) is 0 Å². The van der Waals surface area contributed by atoms with E-state index in [0.29, 0.717) is 36.6 Å². The van der Waals surface area contributed by atoms with Crippen molar-refractivity contribution >= 4 is 17.5 Å². The summed E-state index contributed by atoms with van der Waals surface area (Å²) in [6.07, 6.45) is 0.318. The minimum Gasteiger partial charge on any atom is -0.493 e. The smallest absolute Gasteiger partial charge is 0.269 e. The number of anilines is 1. The molecule has 0 aliphatic carbocycles. The molecule has 0 radical (unpaired) electrons. The molecule has 8 nitrogen and oxygen atoms in total. The average Bonchev–Trinajstić information content (AvgIpc) is 2.82. The van der Waals surface area contributed by atoms with Crippen molar-refractivity contribution in [3.63, 3.8) is 0 Å². The number of benzene rings is 2. The van der Waals surface area contributed by atoms with Crippen LogP contribution in [0.25, 0.3) is 0 Å². The fourth-order valence-electron chi connectivity index (χ4n) is 3.47. The summed E-state index contributed by atoms with van der Waals surface area (Å²) < 4.78 is 10.7. The monoisotopic (exact) mass is 426 g/mol. The van der Waals surface area contributed by atoms with Crippen LogP contribution in [0.15, 0.2) is 48.5 Å². The number of piperazine rings is 1. The fourth-order valence-corrected chi connectivity index (χ4v) is 3.47. The minimum atomic E-state index is -0.411. The van der Waals surface area contributed by atoms with Gasteiger partial charge in [-0.05, 0) is 37.3 Å². The second kappa shape index (κ2) is 11.2. The highest BCUT2D eigenvalue weighted by Crippen LogP contribution is 2.27. The van der Waals surface area contributed by atoms with Crippen molar-refractivity contribution in [3.05, 3.63) is 54.1 Å². The summed E-state index contributed by atoms with van der Waals surface area (Å²) in [4.78, 5) is 29.1. The summed E-state index contributed by atoms with van der Waals surface area (Å²) >= 11 is 0. The minimum absolute atomic E-state index is 0.225. The van der Waals surface area contributed by atoms with Crippen molar-refractivity contribution in [2.75, 3.05) is 51.3 Å². The molecule has 0 saturated carbocycles. The lowest BCUT2D eigenvalue weighted by Crippen LogP contribution is -2.48. The number of carbonyl (C=O) groups excluding carboxylic acids is 2. The van der Waals surface area contributed by atoms with E-state index in [1.165, 1.54) is 12.8 Å². The van der Waals surface area contributed by atoms with Gasteiger partial charge >= 0.3 is 0 Å². The molecule has 1 aliphatic rings. The number of nitrogens with zero attached hydrogens (tertiary/aromatic N) is 2. The van der Waals surface area contributed by atoms with Gasteiger partial charge in [0, 0.05) is 50.4 Å². The third-order valence-electron chi connectivity index (χ3n) is 5.19. The lowest BCUT2D eigenvalue weighted by atomic mass is 10.2. The normalized spacial score (nSPS) is 14.1. The lowest BCUT2D eigenvalue weighted by Gasteiger charge is -2.36. The zero-order valence-corrected chi connectivity index (χ0v) is 18.1. The zero-order valence-electron chi connectivity index (χ0n) is 18.1. The quantitative estimate of drug-likeness (QED) is 0.629. The van der Waals surface area contributed by atoms with E-state index in [9.17, 15) is 9.59 Å². The molecule has 0 atom stereocenters. The molecule has 166 valence electrons. The Bertz CT molecular complexity index is 867. The van der Waals surface area contributed by atoms with Gasteiger partial charge < -0.3 is 14.4 Å². The van der Waals surface area contributed by atoms with E-state index in [-0.39, 0.29) is 5.91 Å². The molecule has 8 heteroatoms. The van der Waals surface area contributed by atoms with Crippen molar-refractivity contribution in [2.24, 2.45) is 0 Å². The van der Waals surface area contributed by atoms with Crippen molar-refractivity contribution < 1.29 is 19.1 Å². The van der Waals surface area contributed by atoms with Gasteiger partial charge in [-0.25, -0.2) is 0 Å². The molecule has 31 heavy (non-hydrogen) atoms. The Kier molecular flexibility index (Phi) is 8.12. The molecular formula is C23H30N4O4. The van der Waals surface area contributed by atoms with Crippen LogP contribution in [-0.4, -0.2) is 63.2 Å². The largest absolute Gasteiger partial charge is 0.493 e. The predicted molar refractivity (Wildman–Crippen MR) is 119 cm³/mol.